The quantitative estimate of drug-likeness (QED) is 0.875. The molecule has 20 heavy (non-hydrogen) atoms. The van der Waals surface area contributed by atoms with E-state index in [0.29, 0.717) is 9.93 Å². The first kappa shape index (κ1) is 14.9. The van der Waals surface area contributed by atoms with Crippen LogP contribution in [-0.2, 0) is 10.8 Å². The maximum absolute atomic E-state index is 12.0. The molecule has 0 aliphatic rings. The van der Waals surface area contributed by atoms with Crippen molar-refractivity contribution in [3.05, 3.63) is 70.0 Å². The predicted molar refractivity (Wildman–Crippen MR) is 88.7 cm³/mol. The SMILES string of the molecule is Cc1ccc(SC(=C(N)c2ccccc2)S(C)=O)cc1. The van der Waals surface area contributed by atoms with Gasteiger partial charge in [-0.05, 0) is 24.6 Å². The minimum absolute atomic E-state index is 0.581. The minimum Gasteiger partial charge on any atom is -0.397 e. The lowest BCUT2D eigenvalue weighted by molar-refractivity contribution is 0.691. The van der Waals surface area contributed by atoms with Gasteiger partial charge in [-0.15, -0.1) is 0 Å². The topological polar surface area (TPSA) is 43.1 Å². The summed E-state index contributed by atoms with van der Waals surface area (Å²) >= 11 is 1.46. The van der Waals surface area contributed by atoms with Gasteiger partial charge in [-0.25, -0.2) is 0 Å². The van der Waals surface area contributed by atoms with Gasteiger partial charge in [0.1, 0.15) is 0 Å². The third-order valence-electron chi connectivity index (χ3n) is 2.80. The maximum Gasteiger partial charge on any atom is 0.0997 e. The number of hydrogen-bond acceptors (Lipinski definition) is 3. The molecule has 0 spiro atoms. The maximum atomic E-state index is 12.0. The fourth-order valence-corrected chi connectivity index (χ4v) is 3.62. The summed E-state index contributed by atoms with van der Waals surface area (Å²) in [5.74, 6) is 0. The molecule has 1 atom stereocenters. The van der Waals surface area contributed by atoms with Crippen molar-refractivity contribution < 1.29 is 4.21 Å². The largest absolute Gasteiger partial charge is 0.397 e. The zero-order chi connectivity index (χ0) is 14.5. The van der Waals surface area contributed by atoms with Crippen LogP contribution in [0, 0.1) is 6.92 Å². The van der Waals surface area contributed by atoms with E-state index in [9.17, 15) is 4.21 Å². The van der Waals surface area contributed by atoms with E-state index in [1.165, 1.54) is 17.3 Å². The van der Waals surface area contributed by atoms with Gasteiger partial charge in [0.25, 0.3) is 0 Å². The van der Waals surface area contributed by atoms with Crippen LogP contribution in [0.25, 0.3) is 5.70 Å². The van der Waals surface area contributed by atoms with Crippen LogP contribution in [0.5, 0.6) is 0 Å². The Balaban J connectivity index is 2.36. The molecule has 2 nitrogen and oxygen atoms in total. The second-order valence-electron chi connectivity index (χ2n) is 4.44. The molecule has 2 aromatic carbocycles. The monoisotopic (exact) mass is 303 g/mol. The third-order valence-corrected chi connectivity index (χ3v) is 5.41. The van der Waals surface area contributed by atoms with E-state index in [-0.39, 0.29) is 0 Å². The lowest BCUT2D eigenvalue weighted by Crippen LogP contribution is -2.03. The molecule has 0 amide bonds. The standard InChI is InChI=1S/C16H17NOS2/c1-12-8-10-14(11-9-12)19-16(20(2)18)15(17)13-6-4-3-5-7-13/h3-11H,17H2,1-2H3. The van der Waals surface area contributed by atoms with Crippen LogP contribution in [0.2, 0.25) is 0 Å². The molecule has 0 aromatic heterocycles. The number of thioether (sulfide) groups is 1. The van der Waals surface area contributed by atoms with Crippen molar-refractivity contribution in [1.82, 2.24) is 0 Å². The molecule has 0 heterocycles. The van der Waals surface area contributed by atoms with Crippen LogP contribution < -0.4 is 5.73 Å². The van der Waals surface area contributed by atoms with Crippen LogP contribution in [-0.4, -0.2) is 10.5 Å². The highest BCUT2D eigenvalue weighted by Crippen LogP contribution is 2.32. The second kappa shape index (κ2) is 6.77. The number of aryl methyl sites for hydroxylation is 1. The van der Waals surface area contributed by atoms with Gasteiger partial charge in [0.15, 0.2) is 0 Å². The van der Waals surface area contributed by atoms with Gasteiger partial charge in [0.2, 0.25) is 0 Å². The number of nitrogens with two attached hydrogens (primary N) is 1. The van der Waals surface area contributed by atoms with Gasteiger partial charge in [0.05, 0.1) is 20.7 Å². The highest BCUT2D eigenvalue weighted by atomic mass is 32.2. The highest BCUT2D eigenvalue weighted by molar-refractivity contribution is 8.16. The third kappa shape index (κ3) is 3.74. The van der Waals surface area contributed by atoms with E-state index in [1.807, 2.05) is 61.5 Å². The fraction of sp³-hybridized carbons (Fsp3) is 0.125. The number of benzene rings is 2. The van der Waals surface area contributed by atoms with Crippen molar-refractivity contribution in [3.8, 4) is 0 Å². The van der Waals surface area contributed by atoms with Crippen molar-refractivity contribution in [2.24, 2.45) is 5.73 Å². The highest BCUT2D eigenvalue weighted by Gasteiger charge is 2.12. The summed E-state index contributed by atoms with van der Waals surface area (Å²) in [5, 5.41) is 0. The number of rotatable bonds is 4. The Morgan fingerprint density at radius 1 is 1.05 bits per heavy atom. The van der Waals surface area contributed by atoms with E-state index >= 15 is 0 Å². The van der Waals surface area contributed by atoms with Crippen molar-refractivity contribution in [2.45, 2.75) is 11.8 Å². The van der Waals surface area contributed by atoms with E-state index in [2.05, 4.69) is 0 Å². The van der Waals surface area contributed by atoms with Crippen LogP contribution in [0.3, 0.4) is 0 Å². The molecule has 104 valence electrons. The van der Waals surface area contributed by atoms with Crippen LogP contribution in [0.1, 0.15) is 11.1 Å². The molecular weight excluding hydrogens is 286 g/mol. The molecule has 1 unspecified atom stereocenters. The Hall–Kier alpha value is -1.52. The van der Waals surface area contributed by atoms with Crippen molar-refractivity contribution in [2.75, 3.05) is 6.26 Å². The van der Waals surface area contributed by atoms with Gasteiger partial charge in [-0.2, -0.15) is 0 Å². The van der Waals surface area contributed by atoms with Crippen LogP contribution >= 0.6 is 11.8 Å². The molecule has 0 saturated heterocycles. The average Bonchev–Trinajstić information content (AvgIpc) is 2.46. The summed E-state index contributed by atoms with van der Waals surface area (Å²) in [7, 11) is -1.12. The molecule has 0 fully saturated rings. The van der Waals surface area contributed by atoms with Gasteiger partial charge in [-0.1, -0.05) is 59.8 Å². The smallest absolute Gasteiger partial charge is 0.0997 e. The van der Waals surface area contributed by atoms with Crippen molar-refractivity contribution in [1.29, 1.82) is 0 Å². The summed E-state index contributed by atoms with van der Waals surface area (Å²) in [4.78, 5) is 1.04. The van der Waals surface area contributed by atoms with E-state index in [0.717, 1.165) is 10.5 Å². The summed E-state index contributed by atoms with van der Waals surface area (Å²) < 4.78 is 12.7. The van der Waals surface area contributed by atoms with E-state index in [1.54, 1.807) is 6.26 Å². The zero-order valence-corrected chi connectivity index (χ0v) is 13.1. The average molecular weight is 303 g/mol. The Morgan fingerprint density at radius 2 is 1.65 bits per heavy atom. The first-order valence-corrected chi connectivity index (χ1v) is 8.58. The Kier molecular flexibility index (Phi) is 5.04. The van der Waals surface area contributed by atoms with Crippen molar-refractivity contribution >= 4 is 28.3 Å². The first-order valence-electron chi connectivity index (χ1n) is 6.21. The lowest BCUT2D eigenvalue weighted by atomic mass is 10.2. The molecule has 0 bridgehead atoms. The molecule has 4 heteroatoms. The summed E-state index contributed by atoms with van der Waals surface area (Å²) in [6, 6.07) is 17.8. The molecule has 0 aliphatic carbocycles. The number of hydrogen-bond donors (Lipinski definition) is 1. The molecule has 0 aliphatic heterocycles. The Labute approximate surface area is 126 Å². The molecular formula is C16H17NOS2. The van der Waals surface area contributed by atoms with Gasteiger partial charge in [0, 0.05) is 11.2 Å². The minimum atomic E-state index is -1.12. The lowest BCUT2D eigenvalue weighted by Gasteiger charge is -2.10. The van der Waals surface area contributed by atoms with Crippen molar-refractivity contribution in [3.63, 3.8) is 0 Å². The molecule has 2 rings (SSSR count). The zero-order valence-electron chi connectivity index (χ0n) is 11.5. The van der Waals surface area contributed by atoms with Crippen LogP contribution in [0.15, 0.2) is 63.7 Å². The first-order chi connectivity index (χ1) is 9.58. The van der Waals surface area contributed by atoms with E-state index < -0.39 is 10.8 Å². The molecule has 2 aromatic rings. The molecule has 2 N–H and O–H groups in total. The fourth-order valence-electron chi connectivity index (χ4n) is 1.72. The van der Waals surface area contributed by atoms with Gasteiger partial charge >= 0.3 is 0 Å². The summed E-state index contributed by atoms with van der Waals surface area (Å²) in [5.41, 5.74) is 8.87. The Morgan fingerprint density at radius 3 is 2.20 bits per heavy atom. The normalized spacial score (nSPS) is 13.7. The van der Waals surface area contributed by atoms with E-state index in [4.69, 9.17) is 5.73 Å². The second-order valence-corrected chi connectivity index (χ2v) is 7.10. The van der Waals surface area contributed by atoms with Gasteiger partial charge in [-0.3, -0.25) is 4.21 Å². The predicted octanol–water partition coefficient (Wildman–Crippen LogP) is 3.75. The molecule has 0 saturated carbocycles. The summed E-state index contributed by atoms with van der Waals surface area (Å²) in [6.07, 6.45) is 1.66. The Bertz CT molecular complexity index is 633. The van der Waals surface area contributed by atoms with Crippen LogP contribution in [0.4, 0.5) is 0 Å². The van der Waals surface area contributed by atoms with Gasteiger partial charge < -0.3 is 5.73 Å². The summed E-state index contributed by atoms with van der Waals surface area (Å²) in [6.45, 7) is 2.04. The molecule has 0 radical (unpaired) electrons.